The van der Waals surface area contributed by atoms with Gasteiger partial charge in [0.05, 0.1) is 18.1 Å². The topological polar surface area (TPSA) is 66.5 Å². The minimum Gasteiger partial charge on any atom is -0.338 e. The lowest BCUT2D eigenvalue weighted by Gasteiger charge is -2.29. The Morgan fingerprint density at radius 3 is 2.45 bits per heavy atom. The Morgan fingerprint density at radius 1 is 1.20 bits per heavy atom. The Labute approximate surface area is 122 Å². The summed E-state index contributed by atoms with van der Waals surface area (Å²) in [5.41, 5.74) is 0. The summed E-state index contributed by atoms with van der Waals surface area (Å²) >= 11 is 0. The van der Waals surface area contributed by atoms with Crippen molar-refractivity contribution in [3.05, 3.63) is 0 Å². The van der Waals surface area contributed by atoms with Gasteiger partial charge in [-0.2, -0.15) is 0 Å². The molecule has 1 saturated heterocycles. The molecule has 2 fully saturated rings. The van der Waals surface area contributed by atoms with E-state index in [1.807, 2.05) is 6.92 Å². The summed E-state index contributed by atoms with van der Waals surface area (Å²) in [5.74, 6) is 0.396. The Bertz CT molecular complexity index is 430. The van der Waals surface area contributed by atoms with E-state index in [0.29, 0.717) is 25.6 Å². The van der Waals surface area contributed by atoms with Crippen LogP contribution in [0.1, 0.15) is 45.4 Å². The van der Waals surface area contributed by atoms with Gasteiger partial charge in [0.25, 0.3) is 0 Å². The lowest BCUT2D eigenvalue weighted by molar-refractivity contribution is -0.132. The van der Waals surface area contributed by atoms with Gasteiger partial charge >= 0.3 is 0 Å². The molecule has 0 bridgehead atoms. The van der Waals surface area contributed by atoms with Crippen molar-refractivity contribution < 1.29 is 13.2 Å². The molecule has 0 aromatic heterocycles. The Morgan fingerprint density at radius 2 is 1.90 bits per heavy atom. The second-order valence-electron chi connectivity index (χ2n) is 5.95. The molecule has 2 aliphatic rings. The summed E-state index contributed by atoms with van der Waals surface area (Å²) in [4.78, 5) is 14.0. The first-order chi connectivity index (χ1) is 9.52. The largest absolute Gasteiger partial charge is 0.338 e. The number of nitrogens with zero attached hydrogens (tertiary/aromatic N) is 1. The van der Waals surface area contributed by atoms with Crippen LogP contribution in [-0.4, -0.2) is 55.9 Å². The average Bonchev–Trinajstić information content (AvgIpc) is 2.78. The van der Waals surface area contributed by atoms with Crippen molar-refractivity contribution >= 4 is 15.7 Å². The molecule has 1 aliphatic heterocycles. The highest BCUT2D eigenvalue weighted by Crippen LogP contribution is 2.19. The number of carbonyl (C=O) groups is 1. The summed E-state index contributed by atoms with van der Waals surface area (Å²) in [6.45, 7) is 2.85. The van der Waals surface area contributed by atoms with Gasteiger partial charge in [-0.1, -0.05) is 19.3 Å². The van der Waals surface area contributed by atoms with Gasteiger partial charge in [-0.25, -0.2) is 8.42 Å². The molecule has 0 spiro atoms. The fraction of sp³-hybridized carbons (Fsp3) is 0.929. The first-order valence-corrected chi connectivity index (χ1v) is 9.57. The average molecular weight is 302 g/mol. The monoisotopic (exact) mass is 302 g/mol. The van der Waals surface area contributed by atoms with Gasteiger partial charge in [-0.3, -0.25) is 4.79 Å². The fourth-order valence-corrected chi connectivity index (χ4v) is 5.03. The second kappa shape index (κ2) is 6.89. The van der Waals surface area contributed by atoms with E-state index in [1.54, 1.807) is 4.90 Å². The summed E-state index contributed by atoms with van der Waals surface area (Å²) in [7, 11) is -2.93. The third kappa shape index (κ3) is 4.19. The molecule has 0 aromatic rings. The highest BCUT2D eigenvalue weighted by molar-refractivity contribution is 7.91. The SMILES string of the molecule is CCN(C(=O)CNC1CCCCC1)C1CCS(=O)(=O)C1. The maximum atomic E-state index is 12.3. The van der Waals surface area contributed by atoms with Crippen LogP contribution in [0.5, 0.6) is 0 Å². The Balaban J connectivity index is 1.82. The number of amides is 1. The molecule has 20 heavy (non-hydrogen) atoms. The van der Waals surface area contributed by atoms with Crippen molar-refractivity contribution in [2.75, 3.05) is 24.6 Å². The van der Waals surface area contributed by atoms with Gasteiger partial charge in [0.1, 0.15) is 0 Å². The molecule has 2 rings (SSSR count). The van der Waals surface area contributed by atoms with Gasteiger partial charge < -0.3 is 10.2 Å². The van der Waals surface area contributed by atoms with Gasteiger partial charge in [-0.05, 0) is 26.2 Å². The number of hydrogen-bond donors (Lipinski definition) is 1. The van der Waals surface area contributed by atoms with Crippen molar-refractivity contribution in [2.24, 2.45) is 0 Å². The van der Waals surface area contributed by atoms with Crippen LogP contribution in [-0.2, 0) is 14.6 Å². The number of carbonyl (C=O) groups excluding carboxylic acids is 1. The number of hydrogen-bond acceptors (Lipinski definition) is 4. The maximum Gasteiger partial charge on any atom is 0.236 e. The normalized spacial score (nSPS) is 26.6. The molecule has 1 heterocycles. The van der Waals surface area contributed by atoms with E-state index in [4.69, 9.17) is 0 Å². The molecule has 116 valence electrons. The van der Waals surface area contributed by atoms with Crippen LogP contribution in [0.3, 0.4) is 0 Å². The minimum absolute atomic E-state index is 0.0418. The lowest BCUT2D eigenvalue weighted by atomic mass is 9.95. The maximum absolute atomic E-state index is 12.3. The van der Waals surface area contributed by atoms with Gasteiger partial charge in [0.15, 0.2) is 9.84 Å². The first kappa shape index (κ1) is 15.8. The zero-order valence-electron chi connectivity index (χ0n) is 12.3. The van der Waals surface area contributed by atoms with E-state index >= 15 is 0 Å². The molecule has 1 aliphatic carbocycles. The Kier molecular flexibility index (Phi) is 5.43. The Hall–Kier alpha value is -0.620. The molecule has 0 aromatic carbocycles. The van der Waals surface area contributed by atoms with E-state index in [1.165, 1.54) is 19.3 Å². The smallest absolute Gasteiger partial charge is 0.236 e. The molecule has 1 atom stereocenters. The zero-order chi connectivity index (χ0) is 14.6. The number of likely N-dealkylation sites (N-methyl/N-ethyl adjacent to an activating group) is 1. The predicted molar refractivity (Wildman–Crippen MR) is 79.3 cm³/mol. The van der Waals surface area contributed by atoms with Gasteiger partial charge in [0, 0.05) is 18.6 Å². The van der Waals surface area contributed by atoms with Crippen molar-refractivity contribution in [1.29, 1.82) is 0 Å². The molecule has 1 unspecified atom stereocenters. The lowest BCUT2D eigenvalue weighted by Crippen LogP contribution is -2.47. The van der Waals surface area contributed by atoms with Crippen molar-refractivity contribution in [2.45, 2.75) is 57.5 Å². The molecule has 1 amide bonds. The van der Waals surface area contributed by atoms with Crippen LogP contribution in [0.25, 0.3) is 0 Å². The van der Waals surface area contributed by atoms with E-state index in [9.17, 15) is 13.2 Å². The fourth-order valence-electron chi connectivity index (χ4n) is 3.30. The number of sulfone groups is 1. The molecular weight excluding hydrogens is 276 g/mol. The highest BCUT2D eigenvalue weighted by Gasteiger charge is 2.33. The molecule has 5 nitrogen and oxygen atoms in total. The first-order valence-electron chi connectivity index (χ1n) is 7.75. The van der Waals surface area contributed by atoms with Crippen LogP contribution in [0.4, 0.5) is 0 Å². The molecular formula is C14H26N2O3S. The van der Waals surface area contributed by atoms with Crippen LogP contribution in [0.2, 0.25) is 0 Å². The van der Waals surface area contributed by atoms with Gasteiger partial charge in [-0.15, -0.1) is 0 Å². The third-order valence-electron chi connectivity index (χ3n) is 4.46. The molecule has 6 heteroatoms. The van der Waals surface area contributed by atoms with Crippen molar-refractivity contribution in [1.82, 2.24) is 10.2 Å². The molecule has 1 saturated carbocycles. The number of nitrogens with one attached hydrogen (secondary N) is 1. The second-order valence-corrected chi connectivity index (χ2v) is 8.18. The van der Waals surface area contributed by atoms with Crippen molar-refractivity contribution in [3.63, 3.8) is 0 Å². The highest BCUT2D eigenvalue weighted by atomic mass is 32.2. The van der Waals surface area contributed by atoms with E-state index in [-0.39, 0.29) is 23.5 Å². The van der Waals surface area contributed by atoms with E-state index < -0.39 is 9.84 Å². The molecule has 1 N–H and O–H groups in total. The number of rotatable bonds is 5. The van der Waals surface area contributed by atoms with Crippen LogP contribution in [0, 0.1) is 0 Å². The summed E-state index contributed by atoms with van der Waals surface area (Å²) in [5, 5.41) is 3.34. The predicted octanol–water partition coefficient (Wildman–Crippen LogP) is 0.944. The summed E-state index contributed by atoms with van der Waals surface area (Å²) in [6, 6.07) is 0.337. The summed E-state index contributed by atoms with van der Waals surface area (Å²) in [6.07, 6.45) is 6.67. The minimum atomic E-state index is -2.93. The molecule has 0 radical (unpaired) electrons. The van der Waals surface area contributed by atoms with E-state index in [2.05, 4.69) is 5.32 Å². The summed E-state index contributed by atoms with van der Waals surface area (Å²) < 4.78 is 23.1. The third-order valence-corrected chi connectivity index (χ3v) is 6.21. The van der Waals surface area contributed by atoms with E-state index in [0.717, 1.165) is 12.8 Å². The quantitative estimate of drug-likeness (QED) is 0.821. The van der Waals surface area contributed by atoms with Gasteiger partial charge in [0.2, 0.25) is 5.91 Å². The van der Waals surface area contributed by atoms with Crippen LogP contribution in [0.15, 0.2) is 0 Å². The zero-order valence-corrected chi connectivity index (χ0v) is 13.1. The van der Waals surface area contributed by atoms with Crippen LogP contribution >= 0.6 is 0 Å². The standard InChI is InChI=1S/C14H26N2O3S/c1-2-16(13-8-9-20(18,19)11-13)14(17)10-15-12-6-4-3-5-7-12/h12-13,15H,2-11H2,1H3. The van der Waals surface area contributed by atoms with Crippen molar-refractivity contribution in [3.8, 4) is 0 Å². The van der Waals surface area contributed by atoms with Crippen LogP contribution < -0.4 is 5.32 Å².